The molecule has 0 radical (unpaired) electrons. The normalized spacial score (nSPS) is 17.3. The van der Waals surface area contributed by atoms with Crippen LogP contribution in [0.2, 0.25) is 0 Å². The van der Waals surface area contributed by atoms with Gasteiger partial charge >= 0.3 is 0 Å². The van der Waals surface area contributed by atoms with Crippen LogP contribution in [0.1, 0.15) is 12.8 Å². The molecule has 1 saturated carbocycles. The summed E-state index contributed by atoms with van der Waals surface area (Å²) in [5.74, 6) is 0.747. The summed E-state index contributed by atoms with van der Waals surface area (Å²) in [7, 11) is 0. The third-order valence-corrected chi connectivity index (χ3v) is 1.88. The monoisotopic (exact) mass is 250 g/mol. The molecular formula is C6H7IN2O. The van der Waals surface area contributed by atoms with Gasteiger partial charge in [0.1, 0.15) is 6.10 Å². The smallest absolute Gasteiger partial charge is 0.233 e. The first kappa shape index (κ1) is 6.45. The van der Waals surface area contributed by atoms with Crippen molar-refractivity contribution in [3.8, 4) is 5.88 Å². The molecular weight excluding hydrogens is 243 g/mol. The van der Waals surface area contributed by atoms with Crippen LogP contribution >= 0.6 is 22.9 Å². The van der Waals surface area contributed by atoms with E-state index in [1.165, 1.54) is 12.8 Å². The first-order chi connectivity index (χ1) is 4.84. The Kier molecular flexibility index (Phi) is 1.55. The number of hydrogen-bond acceptors (Lipinski definition) is 2. The van der Waals surface area contributed by atoms with Crippen LogP contribution in [0.15, 0.2) is 12.3 Å². The highest BCUT2D eigenvalue weighted by Crippen LogP contribution is 2.25. The molecule has 1 aromatic rings. The van der Waals surface area contributed by atoms with Gasteiger partial charge in [0.15, 0.2) is 0 Å². The number of aromatic nitrogens is 2. The Morgan fingerprint density at radius 2 is 2.50 bits per heavy atom. The summed E-state index contributed by atoms with van der Waals surface area (Å²) < 4.78 is 7.13. The summed E-state index contributed by atoms with van der Waals surface area (Å²) in [5, 5.41) is 4.07. The van der Waals surface area contributed by atoms with Crippen LogP contribution < -0.4 is 4.74 Å². The maximum absolute atomic E-state index is 5.41. The minimum absolute atomic E-state index is 0.450. The summed E-state index contributed by atoms with van der Waals surface area (Å²) in [6, 6.07) is 1.88. The maximum atomic E-state index is 5.41. The zero-order valence-electron chi connectivity index (χ0n) is 5.33. The summed E-state index contributed by atoms with van der Waals surface area (Å²) in [4.78, 5) is 0. The predicted octanol–water partition coefficient (Wildman–Crippen LogP) is 1.62. The topological polar surface area (TPSA) is 27.1 Å². The molecule has 2 rings (SSSR count). The maximum Gasteiger partial charge on any atom is 0.233 e. The van der Waals surface area contributed by atoms with Crippen molar-refractivity contribution in [1.82, 2.24) is 7.99 Å². The van der Waals surface area contributed by atoms with Crippen molar-refractivity contribution in [3.63, 3.8) is 0 Å². The lowest BCUT2D eigenvalue weighted by Gasteiger charge is -1.95. The van der Waals surface area contributed by atoms with Crippen LogP contribution in [0.5, 0.6) is 5.88 Å². The van der Waals surface area contributed by atoms with E-state index in [-0.39, 0.29) is 0 Å². The van der Waals surface area contributed by atoms with E-state index in [0.29, 0.717) is 6.10 Å². The molecule has 0 N–H and O–H groups in total. The van der Waals surface area contributed by atoms with E-state index in [4.69, 9.17) is 4.74 Å². The third-order valence-electron chi connectivity index (χ3n) is 1.35. The average molecular weight is 250 g/mol. The quantitative estimate of drug-likeness (QED) is 0.746. The van der Waals surface area contributed by atoms with Crippen LogP contribution in [0.3, 0.4) is 0 Å². The molecule has 0 saturated heterocycles. The summed E-state index contributed by atoms with van der Waals surface area (Å²) in [5.41, 5.74) is 0. The fraction of sp³-hybridized carbons (Fsp3) is 0.500. The Morgan fingerprint density at radius 1 is 1.70 bits per heavy atom. The molecule has 1 aliphatic carbocycles. The van der Waals surface area contributed by atoms with Crippen LogP contribution in [-0.4, -0.2) is 14.1 Å². The van der Waals surface area contributed by atoms with E-state index >= 15 is 0 Å². The zero-order chi connectivity index (χ0) is 6.97. The zero-order valence-corrected chi connectivity index (χ0v) is 7.48. The molecule has 0 spiro atoms. The highest BCUT2D eigenvalue weighted by Gasteiger charge is 2.24. The summed E-state index contributed by atoms with van der Waals surface area (Å²) in [6.07, 6.45) is 4.70. The molecule has 1 fully saturated rings. The van der Waals surface area contributed by atoms with E-state index in [1.54, 1.807) is 2.90 Å². The highest BCUT2D eigenvalue weighted by atomic mass is 127. The van der Waals surface area contributed by atoms with E-state index in [0.717, 1.165) is 5.88 Å². The second kappa shape index (κ2) is 2.41. The van der Waals surface area contributed by atoms with Crippen molar-refractivity contribution in [2.45, 2.75) is 18.9 Å². The Bertz CT molecular complexity index is 231. The fourth-order valence-corrected chi connectivity index (χ4v) is 1.08. The number of hydrogen-bond donors (Lipinski definition) is 0. The van der Waals surface area contributed by atoms with E-state index in [2.05, 4.69) is 28.0 Å². The third kappa shape index (κ3) is 1.42. The molecule has 1 aliphatic rings. The highest BCUT2D eigenvalue weighted by molar-refractivity contribution is 14.1. The van der Waals surface area contributed by atoms with Crippen molar-refractivity contribution in [2.75, 3.05) is 0 Å². The molecule has 0 atom stereocenters. The van der Waals surface area contributed by atoms with Gasteiger partial charge in [0.2, 0.25) is 5.88 Å². The van der Waals surface area contributed by atoms with E-state index in [9.17, 15) is 0 Å². The molecule has 10 heavy (non-hydrogen) atoms. The second-order valence-corrected chi connectivity index (χ2v) is 3.35. The Morgan fingerprint density at radius 3 is 3.00 bits per heavy atom. The lowest BCUT2D eigenvalue weighted by molar-refractivity contribution is 0.290. The molecule has 1 aromatic heterocycles. The minimum atomic E-state index is 0.450. The Balaban J connectivity index is 2.03. The van der Waals surface area contributed by atoms with Crippen molar-refractivity contribution >= 4 is 22.9 Å². The predicted molar refractivity (Wildman–Crippen MR) is 45.3 cm³/mol. The number of halogens is 1. The molecule has 4 heteroatoms. The Labute approximate surface area is 72.9 Å². The SMILES string of the molecule is In1ccc(OC2CC2)n1. The molecule has 0 unspecified atom stereocenters. The lowest BCUT2D eigenvalue weighted by Crippen LogP contribution is -1.96. The van der Waals surface area contributed by atoms with Gasteiger partial charge in [-0.2, -0.15) is 0 Å². The van der Waals surface area contributed by atoms with E-state index in [1.807, 2.05) is 12.3 Å². The lowest BCUT2D eigenvalue weighted by atomic mass is 10.7. The van der Waals surface area contributed by atoms with Crippen LogP contribution in [0, 0.1) is 0 Å². The van der Waals surface area contributed by atoms with Gasteiger partial charge in [-0.1, -0.05) is 0 Å². The van der Waals surface area contributed by atoms with Gasteiger partial charge in [0.05, 0.1) is 22.9 Å². The molecule has 0 aliphatic heterocycles. The van der Waals surface area contributed by atoms with Crippen LogP contribution in [-0.2, 0) is 0 Å². The average Bonchev–Trinajstić information content (AvgIpc) is 2.59. The fourth-order valence-electron chi connectivity index (χ4n) is 0.706. The standard InChI is InChI=1S/C6H7IN2O/c7-9-4-3-6(8-9)10-5-1-2-5/h3-5H,1-2H2. The van der Waals surface area contributed by atoms with E-state index < -0.39 is 0 Å². The second-order valence-electron chi connectivity index (χ2n) is 2.36. The Hall–Kier alpha value is -0.260. The first-order valence-corrected chi connectivity index (χ1v) is 4.19. The van der Waals surface area contributed by atoms with Crippen LogP contribution in [0.25, 0.3) is 0 Å². The van der Waals surface area contributed by atoms with Gasteiger partial charge < -0.3 is 4.74 Å². The van der Waals surface area contributed by atoms with Crippen molar-refractivity contribution < 1.29 is 4.74 Å². The minimum Gasteiger partial charge on any atom is -0.473 e. The van der Waals surface area contributed by atoms with Gasteiger partial charge in [0.25, 0.3) is 0 Å². The number of ether oxygens (including phenoxy) is 1. The molecule has 0 bridgehead atoms. The summed E-state index contributed by atoms with van der Waals surface area (Å²) in [6.45, 7) is 0. The van der Waals surface area contributed by atoms with Crippen molar-refractivity contribution in [1.29, 1.82) is 0 Å². The first-order valence-electron chi connectivity index (χ1n) is 3.23. The van der Waals surface area contributed by atoms with Gasteiger partial charge in [-0.05, 0) is 12.8 Å². The largest absolute Gasteiger partial charge is 0.473 e. The van der Waals surface area contributed by atoms with Crippen molar-refractivity contribution in [3.05, 3.63) is 12.3 Å². The molecule has 3 nitrogen and oxygen atoms in total. The molecule has 1 heterocycles. The summed E-state index contributed by atoms with van der Waals surface area (Å²) >= 11 is 2.09. The number of nitrogens with zero attached hydrogens (tertiary/aromatic N) is 2. The van der Waals surface area contributed by atoms with Gasteiger partial charge in [-0.15, -0.1) is 5.10 Å². The molecule has 0 amide bonds. The van der Waals surface area contributed by atoms with Crippen molar-refractivity contribution in [2.24, 2.45) is 0 Å². The van der Waals surface area contributed by atoms with Gasteiger partial charge in [-0.3, -0.25) is 0 Å². The number of rotatable bonds is 2. The van der Waals surface area contributed by atoms with Crippen LogP contribution in [0.4, 0.5) is 0 Å². The molecule has 0 aromatic carbocycles. The van der Waals surface area contributed by atoms with Gasteiger partial charge in [0, 0.05) is 12.3 Å². The molecule has 54 valence electrons. The van der Waals surface area contributed by atoms with Gasteiger partial charge in [-0.25, -0.2) is 2.90 Å².